The number of benzene rings is 3. The van der Waals surface area contributed by atoms with Gasteiger partial charge in [-0.2, -0.15) is 0 Å². The fourth-order valence-corrected chi connectivity index (χ4v) is 4.52. The maximum absolute atomic E-state index is 14.8. The fraction of sp³-hybridized carbons (Fsp3) is 0.179. The zero-order valence-electron chi connectivity index (χ0n) is 20.4. The van der Waals surface area contributed by atoms with Crippen molar-refractivity contribution in [1.29, 1.82) is 0 Å². The minimum Gasteiger partial charge on any atom is -0.379 e. The maximum atomic E-state index is 14.8. The smallest absolute Gasteiger partial charge is 0.262 e. The second-order valence-electron chi connectivity index (χ2n) is 9.16. The predicted molar refractivity (Wildman–Crippen MR) is 134 cm³/mol. The van der Waals surface area contributed by atoms with Crippen molar-refractivity contribution in [3.8, 4) is 0 Å². The van der Waals surface area contributed by atoms with Crippen molar-refractivity contribution in [2.75, 3.05) is 5.32 Å². The molecule has 5 amide bonds. The molecule has 1 atom stereocenters. The van der Waals surface area contributed by atoms with Gasteiger partial charge in [0.15, 0.2) is 0 Å². The molecular weight excluding hydrogens is 510 g/mol. The van der Waals surface area contributed by atoms with Crippen LogP contribution in [0.1, 0.15) is 55.0 Å². The van der Waals surface area contributed by atoms with Crippen molar-refractivity contribution < 1.29 is 32.8 Å². The molecule has 11 heteroatoms. The Morgan fingerprint density at radius 3 is 2.18 bits per heavy atom. The molecule has 1 fully saturated rings. The van der Waals surface area contributed by atoms with E-state index in [-0.39, 0.29) is 48.3 Å². The van der Waals surface area contributed by atoms with Crippen molar-refractivity contribution in [3.05, 3.63) is 100 Å². The van der Waals surface area contributed by atoms with Crippen LogP contribution in [0.15, 0.2) is 60.7 Å². The minimum absolute atomic E-state index is 0.00116. The fourth-order valence-electron chi connectivity index (χ4n) is 4.52. The second kappa shape index (κ2) is 10.4. The van der Waals surface area contributed by atoms with Crippen molar-refractivity contribution >= 4 is 35.2 Å². The van der Waals surface area contributed by atoms with Gasteiger partial charge in [-0.15, -0.1) is 0 Å². The quantitative estimate of drug-likeness (QED) is 0.402. The first kappa shape index (κ1) is 25.7. The number of nitrogens with zero attached hydrogens (tertiary/aromatic N) is 1. The Balaban J connectivity index is 1.22. The molecule has 0 aromatic heterocycles. The van der Waals surface area contributed by atoms with Gasteiger partial charge in [-0.05, 0) is 41.8 Å². The van der Waals surface area contributed by atoms with Crippen LogP contribution in [0.4, 0.5) is 14.5 Å². The molecule has 3 aromatic rings. The number of amides is 5. The Hall–Kier alpha value is -4.93. The Morgan fingerprint density at radius 2 is 1.51 bits per heavy atom. The van der Waals surface area contributed by atoms with E-state index in [0.717, 1.165) is 22.1 Å². The van der Waals surface area contributed by atoms with E-state index in [9.17, 15) is 32.8 Å². The number of carbonyl (C=O) groups excluding carboxylic acids is 5. The monoisotopic (exact) mass is 532 g/mol. The summed E-state index contributed by atoms with van der Waals surface area (Å²) in [6.07, 6.45) is -0.00570. The number of halogens is 2. The normalized spacial score (nSPS) is 16.7. The summed E-state index contributed by atoms with van der Waals surface area (Å²) < 4.78 is 28.6. The number of nitrogens with one attached hydrogen (secondary N) is 3. The van der Waals surface area contributed by atoms with Crippen LogP contribution < -0.4 is 16.0 Å². The second-order valence-corrected chi connectivity index (χ2v) is 9.16. The standard InChI is InChI=1S/C28H22F2N4O5/c29-20-4-2-1-3-17(20)25(36)32-14-16-7-5-15(6-8-16)13-31-22-12-19-18(11-21(22)30)27(38)34(28(19)39)23-9-10-24(35)33-26(23)37/h1-8,11-12,23,31H,9-10,13-14H2,(H,32,36)(H,33,35,37). The first-order chi connectivity index (χ1) is 18.7. The largest absolute Gasteiger partial charge is 0.379 e. The van der Waals surface area contributed by atoms with E-state index in [1.165, 1.54) is 24.3 Å². The molecule has 3 aromatic carbocycles. The molecule has 2 aliphatic rings. The van der Waals surface area contributed by atoms with E-state index in [4.69, 9.17) is 0 Å². The number of piperidine rings is 1. The highest BCUT2D eigenvalue weighted by molar-refractivity contribution is 6.23. The maximum Gasteiger partial charge on any atom is 0.262 e. The number of anilines is 1. The van der Waals surface area contributed by atoms with E-state index in [1.807, 2.05) is 0 Å². The third-order valence-corrected chi connectivity index (χ3v) is 6.60. The number of hydrogen-bond donors (Lipinski definition) is 3. The summed E-state index contributed by atoms with van der Waals surface area (Å²) in [5.74, 6) is -4.62. The van der Waals surface area contributed by atoms with Gasteiger partial charge in [0.2, 0.25) is 11.8 Å². The van der Waals surface area contributed by atoms with Crippen molar-refractivity contribution in [2.24, 2.45) is 0 Å². The lowest BCUT2D eigenvalue weighted by Crippen LogP contribution is -2.54. The Bertz CT molecular complexity index is 1520. The van der Waals surface area contributed by atoms with Crippen molar-refractivity contribution in [1.82, 2.24) is 15.5 Å². The molecule has 1 unspecified atom stereocenters. The van der Waals surface area contributed by atoms with E-state index in [2.05, 4.69) is 16.0 Å². The molecule has 0 bridgehead atoms. The van der Waals surface area contributed by atoms with Crippen LogP contribution in [0, 0.1) is 11.6 Å². The first-order valence-electron chi connectivity index (χ1n) is 12.1. The average molecular weight is 533 g/mol. The lowest BCUT2D eigenvalue weighted by Gasteiger charge is -2.27. The molecule has 2 aliphatic heterocycles. The molecule has 2 heterocycles. The van der Waals surface area contributed by atoms with Gasteiger partial charge in [0.1, 0.15) is 17.7 Å². The van der Waals surface area contributed by atoms with Gasteiger partial charge in [-0.3, -0.25) is 34.2 Å². The Labute approximate surface area is 221 Å². The summed E-state index contributed by atoms with van der Waals surface area (Å²) in [5.41, 5.74) is 1.32. The molecule has 39 heavy (non-hydrogen) atoms. The summed E-state index contributed by atoms with van der Waals surface area (Å²) >= 11 is 0. The predicted octanol–water partition coefficient (Wildman–Crippen LogP) is 2.91. The number of fused-ring (bicyclic) bond motifs is 1. The highest BCUT2D eigenvalue weighted by Crippen LogP contribution is 2.31. The molecule has 0 aliphatic carbocycles. The lowest BCUT2D eigenvalue weighted by atomic mass is 10.0. The van der Waals surface area contributed by atoms with Crippen LogP contribution in [0.5, 0.6) is 0 Å². The number of carbonyl (C=O) groups is 5. The summed E-state index contributed by atoms with van der Waals surface area (Å²) in [7, 11) is 0. The lowest BCUT2D eigenvalue weighted by molar-refractivity contribution is -0.136. The van der Waals surface area contributed by atoms with Gasteiger partial charge >= 0.3 is 0 Å². The summed E-state index contributed by atoms with van der Waals surface area (Å²) in [5, 5.41) is 7.68. The van der Waals surface area contributed by atoms with E-state index in [0.29, 0.717) is 0 Å². The molecular formula is C28H22F2N4O5. The number of rotatable bonds is 7. The molecule has 1 saturated heterocycles. The van der Waals surface area contributed by atoms with Gasteiger partial charge < -0.3 is 10.6 Å². The zero-order valence-corrected chi connectivity index (χ0v) is 20.4. The Kier molecular flexibility index (Phi) is 6.88. The van der Waals surface area contributed by atoms with Crippen LogP contribution in [-0.4, -0.2) is 40.5 Å². The molecule has 0 saturated carbocycles. The minimum atomic E-state index is -1.13. The molecule has 3 N–H and O–H groups in total. The van der Waals surface area contributed by atoms with Crippen molar-refractivity contribution in [3.63, 3.8) is 0 Å². The molecule has 198 valence electrons. The van der Waals surface area contributed by atoms with Gasteiger partial charge in [-0.25, -0.2) is 8.78 Å². The van der Waals surface area contributed by atoms with Gasteiger partial charge in [0.25, 0.3) is 17.7 Å². The van der Waals surface area contributed by atoms with Gasteiger partial charge in [0, 0.05) is 19.5 Å². The Morgan fingerprint density at radius 1 is 0.872 bits per heavy atom. The molecule has 9 nitrogen and oxygen atoms in total. The molecule has 0 spiro atoms. The van der Waals surface area contributed by atoms with Crippen LogP contribution in [0.3, 0.4) is 0 Å². The average Bonchev–Trinajstić information content (AvgIpc) is 3.15. The summed E-state index contributed by atoms with van der Waals surface area (Å²) in [6.45, 7) is 0.372. The number of hydrogen-bond acceptors (Lipinski definition) is 6. The van der Waals surface area contributed by atoms with Gasteiger partial charge in [0.05, 0.1) is 22.4 Å². The highest BCUT2D eigenvalue weighted by Gasteiger charge is 2.45. The topological polar surface area (TPSA) is 125 Å². The van der Waals surface area contributed by atoms with Crippen molar-refractivity contribution in [2.45, 2.75) is 32.0 Å². The molecule has 0 radical (unpaired) electrons. The van der Waals surface area contributed by atoms with E-state index < -0.39 is 47.2 Å². The van der Waals surface area contributed by atoms with E-state index >= 15 is 0 Å². The van der Waals surface area contributed by atoms with Crippen LogP contribution in [-0.2, 0) is 22.7 Å². The SMILES string of the molecule is O=C1CCC(N2C(=O)c3cc(F)c(NCc4ccc(CNC(=O)c5ccccc5F)cc4)cc3C2=O)C(=O)N1. The van der Waals surface area contributed by atoms with E-state index in [1.54, 1.807) is 30.3 Å². The number of imide groups is 2. The third kappa shape index (κ3) is 5.11. The first-order valence-corrected chi connectivity index (χ1v) is 12.1. The summed E-state index contributed by atoms with van der Waals surface area (Å²) in [6, 6.07) is 13.8. The molecule has 5 rings (SSSR count). The third-order valence-electron chi connectivity index (χ3n) is 6.60. The van der Waals surface area contributed by atoms with Crippen LogP contribution in [0.25, 0.3) is 0 Å². The van der Waals surface area contributed by atoms with Crippen LogP contribution >= 0.6 is 0 Å². The highest BCUT2D eigenvalue weighted by atomic mass is 19.1. The zero-order chi connectivity index (χ0) is 27.7. The van der Waals surface area contributed by atoms with Crippen LogP contribution in [0.2, 0.25) is 0 Å². The summed E-state index contributed by atoms with van der Waals surface area (Å²) in [4.78, 5) is 62.4. The van der Waals surface area contributed by atoms with Gasteiger partial charge in [-0.1, -0.05) is 36.4 Å².